The number of carbonyl (C=O) groups excluding carboxylic acids is 3. The van der Waals surface area contributed by atoms with E-state index in [1.807, 2.05) is 0 Å². The number of imide groups is 1. The molecule has 0 spiro atoms. The van der Waals surface area contributed by atoms with Crippen LogP contribution < -0.4 is 0 Å². The van der Waals surface area contributed by atoms with Crippen molar-refractivity contribution >= 4 is 17.8 Å². The molecule has 0 unspecified atom stereocenters. The summed E-state index contributed by atoms with van der Waals surface area (Å²) in [6.45, 7) is 3.62. The fraction of sp³-hybridized carbons (Fsp3) is 0.706. The van der Waals surface area contributed by atoms with Crippen LogP contribution in [0.15, 0.2) is 12.2 Å². The molecule has 0 radical (unpaired) electrons. The smallest absolute Gasteiger partial charge is 0.331 e. The number of carbonyl (C=O) groups is 3. The quantitative estimate of drug-likeness (QED) is 0.179. The molecule has 1 rings (SSSR count). The van der Waals surface area contributed by atoms with Gasteiger partial charge < -0.3 is 28.4 Å². The first-order chi connectivity index (χ1) is 13.1. The first-order valence-electron chi connectivity index (χ1n) is 8.64. The number of amides is 2. The summed E-state index contributed by atoms with van der Waals surface area (Å²) in [4.78, 5) is 34.5. The van der Waals surface area contributed by atoms with E-state index in [1.165, 1.54) is 19.3 Å². The van der Waals surface area contributed by atoms with E-state index in [9.17, 15) is 14.4 Å². The minimum atomic E-state index is -0.419. The topological polar surface area (TPSA) is 110 Å². The molecule has 0 atom stereocenters. The maximum atomic E-state index is 11.3. The molecular formula is C17H27NO9. The molecule has 10 nitrogen and oxygen atoms in total. The summed E-state index contributed by atoms with van der Waals surface area (Å²) in [5.74, 6) is -1.04. The van der Waals surface area contributed by atoms with E-state index < -0.39 is 5.97 Å². The second-order valence-corrected chi connectivity index (χ2v) is 5.24. The van der Waals surface area contributed by atoms with Crippen LogP contribution in [0.1, 0.15) is 0 Å². The van der Waals surface area contributed by atoms with E-state index in [1.54, 1.807) is 0 Å². The maximum Gasteiger partial charge on any atom is 0.331 e. The van der Waals surface area contributed by atoms with Crippen molar-refractivity contribution in [3.05, 3.63) is 12.2 Å². The molecular weight excluding hydrogens is 362 g/mol. The van der Waals surface area contributed by atoms with Crippen molar-refractivity contribution in [3.63, 3.8) is 0 Å². The molecule has 0 saturated carbocycles. The third kappa shape index (κ3) is 11.5. The first-order valence-corrected chi connectivity index (χ1v) is 8.64. The highest BCUT2D eigenvalue weighted by atomic mass is 16.6. The van der Waals surface area contributed by atoms with Crippen LogP contribution >= 0.6 is 0 Å². The van der Waals surface area contributed by atoms with Gasteiger partial charge in [-0.2, -0.15) is 0 Å². The van der Waals surface area contributed by atoms with Crippen LogP contribution in [-0.4, -0.2) is 102 Å². The summed E-state index contributed by atoms with van der Waals surface area (Å²) in [5, 5.41) is 0. The molecule has 1 aliphatic rings. The van der Waals surface area contributed by atoms with Gasteiger partial charge in [-0.05, 0) is 0 Å². The molecule has 0 aromatic heterocycles. The van der Waals surface area contributed by atoms with Crippen molar-refractivity contribution < 1.29 is 42.8 Å². The Morgan fingerprint density at radius 3 is 1.59 bits per heavy atom. The Hall–Kier alpha value is -1.85. The van der Waals surface area contributed by atoms with E-state index in [0.717, 1.165) is 4.90 Å². The Bertz CT molecular complexity index is 463. The number of hydrogen-bond acceptors (Lipinski definition) is 9. The van der Waals surface area contributed by atoms with Crippen LogP contribution in [-0.2, 0) is 42.8 Å². The molecule has 154 valence electrons. The van der Waals surface area contributed by atoms with Crippen molar-refractivity contribution in [1.29, 1.82) is 0 Å². The molecule has 2 amide bonds. The number of esters is 1. The second kappa shape index (κ2) is 15.2. The zero-order chi connectivity index (χ0) is 19.7. The summed E-state index contributed by atoms with van der Waals surface area (Å²) in [6, 6.07) is 0. The SMILES string of the molecule is COC(=O)COCCOCCOCCOCCOCCN1C(=O)C=CC1=O. The van der Waals surface area contributed by atoms with Crippen molar-refractivity contribution in [3.8, 4) is 0 Å². The van der Waals surface area contributed by atoms with Gasteiger partial charge in [0.1, 0.15) is 6.61 Å². The van der Waals surface area contributed by atoms with Crippen LogP contribution in [0.25, 0.3) is 0 Å². The van der Waals surface area contributed by atoms with E-state index in [4.69, 9.17) is 23.7 Å². The van der Waals surface area contributed by atoms with Gasteiger partial charge in [0.15, 0.2) is 0 Å². The normalized spacial score (nSPS) is 13.6. The molecule has 1 heterocycles. The maximum absolute atomic E-state index is 11.3. The van der Waals surface area contributed by atoms with Gasteiger partial charge in [-0.25, -0.2) is 4.79 Å². The summed E-state index contributed by atoms with van der Waals surface area (Å²) in [5.41, 5.74) is 0. The van der Waals surface area contributed by atoms with Crippen LogP contribution in [0, 0.1) is 0 Å². The Kier molecular flexibility index (Phi) is 13.1. The summed E-state index contributed by atoms with van der Waals surface area (Å²) in [7, 11) is 1.30. The van der Waals surface area contributed by atoms with Gasteiger partial charge in [0.25, 0.3) is 11.8 Å². The van der Waals surface area contributed by atoms with E-state index in [-0.39, 0.29) is 31.6 Å². The summed E-state index contributed by atoms with van der Waals surface area (Å²) < 4.78 is 30.7. The molecule has 0 aromatic rings. The number of rotatable bonds is 17. The van der Waals surface area contributed by atoms with Gasteiger partial charge in [-0.1, -0.05) is 0 Å². The van der Waals surface area contributed by atoms with Crippen LogP contribution in [0.5, 0.6) is 0 Å². The number of hydrogen-bond donors (Lipinski definition) is 0. The van der Waals surface area contributed by atoms with E-state index in [0.29, 0.717) is 52.9 Å². The van der Waals surface area contributed by atoms with Crippen molar-refractivity contribution in [2.75, 3.05) is 79.7 Å². The zero-order valence-corrected chi connectivity index (χ0v) is 15.6. The highest BCUT2D eigenvalue weighted by Crippen LogP contribution is 2.02. The molecule has 0 N–H and O–H groups in total. The Labute approximate surface area is 158 Å². The fourth-order valence-electron chi connectivity index (χ4n) is 1.90. The van der Waals surface area contributed by atoms with E-state index >= 15 is 0 Å². The number of ether oxygens (including phenoxy) is 6. The molecule has 1 aliphatic heterocycles. The van der Waals surface area contributed by atoms with Gasteiger partial charge in [0.2, 0.25) is 0 Å². The van der Waals surface area contributed by atoms with Crippen molar-refractivity contribution in [2.24, 2.45) is 0 Å². The van der Waals surface area contributed by atoms with Crippen molar-refractivity contribution in [2.45, 2.75) is 0 Å². The van der Waals surface area contributed by atoms with Gasteiger partial charge >= 0.3 is 5.97 Å². The van der Waals surface area contributed by atoms with Crippen LogP contribution in [0.2, 0.25) is 0 Å². The molecule has 0 saturated heterocycles. The van der Waals surface area contributed by atoms with E-state index in [2.05, 4.69) is 4.74 Å². The molecule has 0 fully saturated rings. The molecule has 27 heavy (non-hydrogen) atoms. The predicted molar refractivity (Wildman–Crippen MR) is 92.0 cm³/mol. The summed E-state index contributed by atoms with van der Waals surface area (Å²) in [6.07, 6.45) is 2.49. The minimum Gasteiger partial charge on any atom is -0.467 e. The van der Waals surface area contributed by atoms with Gasteiger partial charge in [0, 0.05) is 12.2 Å². The lowest BCUT2D eigenvalue weighted by Crippen LogP contribution is -2.33. The Morgan fingerprint density at radius 2 is 1.15 bits per heavy atom. The highest BCUT2D eigenvalue weighted by Gasteiger charge is 2.22. The average Bonchev–Trinajstić information content (AvgIpc) is 2.99. The third-order valence-electron chi connectivity index (χ3n) is 3.30. The molecule has 0 bridgehead atoms. The molecule has 0 aromatic carbocycles. The van der Waals surface area contributed by atoms with Gasteiger partial charge in [-0.15, -0.1) is 0 Å². The molecule has 10 heteroatoms. The van der Waals surface area contributed by atoms with Gasteiger partial charge in [0.05, 0.1) is 73.1 Å². The Morgan fingerprint density at radius 1 is 0.741 bits per heavy atom. The Balaban J connectivity index is 1.74. The molecule has 0 aliphatic carbocycles. The second-order valence-electron chi connectivity index (χ2n) is 5.24. The van der Waals surface area contributed by atoms with Gasteiger partial charge in [-0.3, -0.25) is 14.5 Å². The lowest BCUT2D eigenvalue weighted by molar-refractivity contribution is -0.146. The van der Waals surface area contributed by atoms with Crippen LogP contribution in [0.4, 0.5) is 0 Å². The highest BCUT2D eigenvalue weighted by molar-refractivity contribution is 6.12. The monoisotopic (exact) mass is 389 g/mol. The first kappa shape index (κ1) is 23.2. The minimum absolute atomic E-state index is 0.0802. The number of methoxy groups -OCH3 is 1. The van der Waals surface area contributed by atoms with Crippen molar-refractivity contribution in [1.82, 2.24) is 4.90 Å². The fourth-order valence-corrected chi connectivity index (χ4v) is 1.90. The largest absolute Gasteiger partial charge is 0.467 e. The lowest BCUT2D eigenvalue weighted by atomic mass is 10.5. The standard InChI is InChI=1S/C17H27NO9/c1-22-17(21)14-27-13-12-26-11-10-25-9-8-24-7-6-23-5-4-18-15(19)2-3-16(18)20/h2-3H,4-14H2,1H3. The summed E-state index contributed by atoms with van der Waals surface area (Å²) >= 11 is 0. The van der Waals surface area contributed by atoms with Crippen LogP contribution in [0.3, 0.4) is 0 Å². The third-order valence-corrected chi connectivity index (χ3v) is 3.30. The predicted octanol–water partition coefficient (Wildman–Crippen LogP) is -0.833. The number of nitrogens with zero attached hydrogens (tertiary/aromatic N) is 1. The average molecular weight is 389 g/mol. The lowest BCUT2D eigenvalue weighted by Gasteiger charge is -2.13. The zero-order valence-electron chi connectivity index (χ0n) is 15.6.